The molecule has 1 fully saturated rings. The molecule has 4 nitrogen and oxygen atoms in total. The van der Waals surface area contributed by atoms with Crippen LogP contribution in [-0.4, -0.2) is 23.6 Å². The largest absolute Gasteiger partial charge is 0.368 e. The highest BCUT2D eigenvalue weighted by Gasteiger charge is 2.25. The number of carbonyl (C=O) groups excluding carboxylic acids is 1. The zero-order valence-corrected chi connectivity index (χ0v) is 10.3. The number of amides is 1. The summed E-state index contributed by atoms with van der Waals surface area (Å²) in [4.78, 5) is 16.1. The molecule has 2 atom stereocenters. The quantitative estimate of drug-likeness (QED) is 0.876. The number of ether oxygens (including phenoxy) is 1. The van der Waals surface area contributed by atoms with E-state index >= 15 is 0 Å². The van der Waals surface area contributed by atoms with Crippen molar-refractivity contribution in [3.63, 3.8) is 0 Å². The first-order chi connectivity index (χ1) is 7.66. The Morgan fingerprint density at radius 3 is 3.12 bits per heavy atom. The molecule has 1 aromatic heterocycles. The zero-order valence-electron chi connectivity index (χ0n) is 9.53. The summed E-state index contributed by atoms with van der Waals surface area (Å²) < 4.78 is 5.33. The normalized spacial score (nSPS) is 22.0. The molecule has 0 bridgehead atoms. The van der Waals surface area contributed by atoms with Crippen LogP contribution in [0.5, 0.6) is 0 Å². The fraction of sp³-hybridized carbons (Fsp3) is 0.636. The Bertz CT molecular complexity index is 372. The summed E-state index contributed by atoms with van der Waals surface area (Å²) in [6, 6.07) is -0.0401. The minimum atomic E-state index is -0.262. The van der Waals surface area contributed by atoms with Crippen LogP contribution in [0.2, 0.25) is 0 Å². The topological polar surface area (TPSA) is 51.2 Å². The second kappa shape index (κ2) is 4.93. The van der Waals surface area contributed by atoms with Crippen LogP contribution in [-0.2, 0) is 9.53 Å². The maximum Gasteiger partial charge on any atom is 0.249 e. The summed E-state index contributed by atoms with van der Waals surface area (Å²) in [6.07, 6.45) is 1.54. The smallest absolute Gasteiger partial charge is 0.249 e. The number of nitrogens with zero attached hydrogens (tertiary/aromatic N) is 1. The number of aromatic nitrogens is 1. The Morgan fingerprint density at radius 1 is 1.75 bits per heavy atom. The fourth-order valence-corrected chi connectivity index (χ4v) is 2.45. The third kappa shape index (κ3) is 2.59. The predicted octanol–water partition coefficient (Wildman–Crippen LogP) is 1.81. The minimum Gasteiger partial charge on any atom is -0.368 e. The van der Waals surface area contributed by atoms with Crippen LogP contribution in [0.3, 0.4) is 0 Å². The number of hydrogen-bond acceptors (Lipinski definition) is 4. The molecule has 2 rings (SSSR count). The Labute approximate surface area is 99.0 Å². The summed E-state index contributed by atoms with van der Waals surface area (Å²) in [7, 11) is 0. The molecule has 0 aliphatic carbocycles. The minimum absolute atomic E-state index is 0.0179. The van der Waals surface area contributed by atoms with E-state index in [1.807, 2.05) is 19.2 Å². The van der Waals surface area contributed by atoms with Crippen molar-refractivity contribution in [2.45, 2.75) is 38.8 Å². The molecule has 2 unspecified atom stereocenters. The van der Waals surface area contributed by atoms with Gasteiger partial charge in [-0.1, -0.05) is 0 Å². The third-order valence-electron chi connectivity index (χ3n) is 2.66. The molecule has 1 aliphatic heterocycles. The number of rotatable bonds is 3. The molecule has 88 valence electrons. The van der Waals surface area contributed by atoms with E-state index in [0.717, 1.165) is 23.5 Å². The van der Waals surface area contributed by atoms with Gasteiger partial charge in [0.05, 0.1) is 16.7 Å². The summed E-state index contributed by atoms with van der Waals surface area (Å²) >= 11 is 1.60. The lowest BCUT2D eigenvalue weighted by atomic mass is 10.2. The number of hydrogen-bond donors (Lipinski definition) is 1. The van der Waals surface area contributed by atoms with E-state index in [4.69, 9.17) is 4.74 Å². The van der Waals surface area contributed by atoms with Gasteiger partial charge in [0, 0.05) is 12.0 Å². The SMILES string of the molecule is Cc1nc(C(C)NC(=O)C2CCCO2)cs1. The van der Waals surface area contributed by atoms with Gasteiger partial charge in [-0.2, -0.15) is 0 Å². The Balaban J connectivity index is 1.91. The molecule has 0 saturated carbocycles. The van der Waals surface area contributed by atoms with E-state index in [0.29, 0.717) is 6.61 Å². The standard InChI is InChI=1S/C11H16N2O2S/c1-7(9-6-16-8(2)13-9)12-11(14)10-4-3-5-15-10/h6-7,10H,3-5H2,1-2H3,(H,12,14). The van der Waals surface area contributed by atoms with Crippen LogP contribution in [0.15, 0.2) is 5.38 Å². The number of thiazole rings is 1. The summed E-state index contributed by atoms with van der Waals surface area (Å²) in [6.45, 7) is 4.60. The van der Waals surface area contributed by atoms with Crippen LogP contribution in [0.1, 0.15) is 36.5 Å². The number of carbonyl (C=O) groups is 1. The Morgan fingerprint density at radius 2 is 2.56 bits per heavy atom. The average molecular weight is 240 g/mol. The van der Waals surface area contributed by atoms with E-state index < -0.39 is 0 Å². The van der Waals surface area contributed by atoms with E-state index in [-0.39, 0.29) is 18.1 Å². The summed E-state index contributed by atoms with van der Waals surface area (Å²) in [5, 5.41) is 5.94. The zero-order chi connectivity index (χ0) is 11.5. The summed E-state index contributed by atoms with van der Waals surface area (Å²) in [5.74, 6) is -0.0179. The lowest BCUT2D eigenvalue weighted by Gasteiger charge is -2.15. The maximum atomic E-state index is 11.8. The number of nitrogens with one attached hydrogen (secondary N) is 1. The summed E-state index contributed by atoms with van der Waals surface area (Å²) in [5.41, 5.74) is 0.925. The second-order valence-electron chi connectivity index (χ2n) is 4.02. The Kier molecular flexibility index (Phi) is 3.56. The highest BCUT2D eigenvalue weighted by atomic mass is 32.1. The molecule has 2 heterocycles. The predicted molar refractivity (Wildman–Crippen MR) is 62.4 cm³/mol. The highest BCUT2D eigenvalue weighted by Crippen LogP contribution is 2.17. The first-order valence-corrected chi connectivity index (χ1v) is 6.39. The van der Waals surface area contributed by atoms with Gasteiger partial charge in [0.25, 0.3) is 0 Å². The van der Waals surface area contributed by atoms with Gasteiger partial charge in [-0.15, -0.1) is 11.3 Å². The van der Waals surface area contributed by atoms with Crippen LogP contribution in [0.4, 0.5) is 0 Å². The van der Waals surface area contributed by atoms with E-state index in [9.17, 15) is 4.79 Å². The highest BCUT2D eigenvalue weighted by molar-refractivity contribution is 7.09. The van der Waals surface area contributed by atoms with Gasteiger partial charge in [-0.25, -0.2) is 4.98 Å². The second-order valence-corrected chi connectivity index (χ2v) is 5.09. The van der Waals surface area contributed by atoms with Gasteiger partial charge >= 0.3 is 0 Å². The molecule has 1 N–H and O–H groups in total. The third-order valence-corrected chi connectivity index (χ3v) is 3.45. The van der Waals surface area contributed by atoms with Crippen molar-refractivity contribution in [3.8, 4) is 0 Å². The van der Waals surface area contributed by atoms with Gasteiger partial charge in [-0.3, -0.25) is 4.79 Å². The van der Waals surface area contributed by atoms with Gasteiger partial charge < -0.3 is 10.1 Å². The lowest BCUT2D eigenvalue weighted by molar-refractivity contribution is -0.130. The first-order valence-electron chi connectivity index (χ1n) is 5.51. The monoisotopic (exact) mass is 240 g/mol. The molecular weight excluding hydrogens is 224 g/mol. The molecule has 1 amide bonds. The van der Waals surface area contributed by atoms with Gasteiger partial charge in [0.2, 0.25) is 5.91 Å². The molecule has 0 radical (unpaired) electrons. The van der Waals surface area contributed by atoms with Crippen molar-refractivity contribution >= 4 is 17.2 Å². The van der Waals surface area contributed by atoms with Crippen molar-refractivity contribution in [2.24, 2.45) is 0 Å². The molecule has 1 aromatic rings. The molecule has 5 heteroatoms. The Hall–Kier alpha value is -0.940. The van der Waals surface area contributed by atoms with Crippen LogP contribution in [0.25, 0.3) is 0 Å². The molecular formula is C11H16N2O2S. The lowest BCUT2D eigenvalue weighted by Crippen LogP contribution is -2.35. The van der Waals surface area contributed by atoms with Crippen molar-refractivity contribution in [3.05, 3.63) is 16.1 Å². The van der Waals surface area contributed by atoms with Crippen molar-refractivity contribution in [2.75, 3.05) is 6.61 Å². The number of aryl methyl sites for hydroxylation is 1. The van der Waals surface area contributed by atoms with Crippen molar-refractivity contribution < 1.29 is 9.53 Å². The maximum absolute atomic E-state index is 11.8. The molecule has 1 aliphatic rings. The fourth-order valence-electron chi connectivity index (χ4n) is 1.74. The van der Waals surface area contributed by atoms with E-state index in [1.165, 1.54) is 0 Å². The van der Waals surface area contributed by atoms with Crippen LogP contribution < -0.4 is 5.32 Å². The van der Waals surface area contributed by atoms with E-state index in [1.54, 1.807) is 11.3 Å². The first kappa shape index (κ1) is 11.5. The van der Waals surface area contributed by atoms with Gasteiger partial charge in [-0.05, 0) is 26.7 Å². The van der Waals surface area contributed by atoms with Crippen molar-refractivity contribution in [1.29, 1.82) is 0 Å². The van der Waals surface area contributed by atoms with Gasteiger partial charge in [0.1, 0.15) is 6.10 Å². The van der Waals surface area contributed by atoms with Crippen molar-refractivity contribution in [1.82, 2.24) is 10.3 Å². The van der Waals surface area contributed by atoms with Crippen LogP contribution in [0, 0.1) is 6.92 Å². The molecule has 0 aromatic carbocycles. The molecule has 0 spiro atoms. The van der Waals surface area contributed by atoms with Gasteiger partial charge in [0.15, 0.2) is 0 Å². The van der Waals surface area contributed by atoms with Crippen LogP contribution >= 0.6 is 11.3 Å². The van der Waals surface area contributed by atoms with E-state index in [2.05, 4.69) is 10.3 Å². The average Bonchev–Trinajstić information content (AvgIpc) is 2.87. The molecule has 1 saturated heterocycles. The molecule has 16 heavy (non-hydrogen) atoms.